The number of alkyl halides is 1. The molecule has 0 bridgehead atoms. The Labute approximate surface area is 114 Å². The van der Waals surface area contributed by atoms with E-state index in [1.807, 2.05) is 13.0 Å². The fraction of sp³-hybridized carbons (Fsp3) is 0.438. The molecule has 0 aliphatic rings. The fourth-order valence-corrected chi connectivity index (χ4v) is 3.18. The minimum absolute atomic E-state index is 0.121. The van der Waals surface area contributed by atoms with Crippen LogP contribution in [0.1, 0.15) is 37.9 Å². The normalized spacial score (nSPS) is 15.0. The van der Waals surface area contributed by atoms with Gasteiger partial charge in [0.1, 0.15) is 0 Å². The minimum atomic E-state index is 0.121. The minimum Gasteiger partial charge on any atom is -0.253 e. The van der Waals surface area contributed by atoms with Gasteiger partial charge in [-0.05, 0) is 37.5 Å². The topological polar surface area (TPSA) is 12.9 Å². The van der Waals surface area contributed by atoms with Crippen LogP contribution in [0.4, 0.5) is 0 Å². The first-order chi connectivity index (χ1) is 8.50. The number of pyridine rings is 1. The maximum Gasteiger partial charge on any atom is 0.0708 e. The van der Waals surface area contributed by atoms with Crippen LogP contribution in [0.25, 0.3) is 10.9 Å². The van der Waals surface area contributed by atoms with Gasteiger partial charge in [0, 0.05) is 22.4 Å². The lowest BCUT2D eigenvalue weighted by Crippen LogP contribution is -2.16. The summed E-state index contributed by atoms with van der Waals surface area (Å²) in [6, 6.07) is 10.5. The highest BCUT2D eigenvalue weighted by Gasteiger charge is 2.23. The van der Waals surface area contributed by atoms with Crippen molar-refractivity contribution in [1.82, 2.24) is 4.98 Å². The summed E-state index contributed by atoms with van der Waals surface area (Å²) >= 11 is 6.41. The van der Waals surface area contributed by atoms with Crippen LogP contribution in [0.15, 0.2) is 30.3 Å². The van der Waals surface area contributed by atoms with E-state index in [2.05, 4.69) is 50.0 Å². The molecule has 2 aromatic rings. The fourth-order valence-electron chi connectivity index (χ4n) is 2.75. The van der Waals surface area contributed by atoms with Crippen LogP contribution < -0.4 is 0 Å². The van der Waals surface area contributed by atoms with Crippen LogP contribution in [0, 0.1) is 12.8 Å². The number of hydrogen-bond acceptors (Lipinski definition) is 1. The lowest BCUT2D eigenvalue weighted by atomic mass is 9.84. The lowest BCUT2D eigenvalue weighted by molar-refractivity contribution is 0.493. The average molecular weight is 262 g/mol. The number of halogens is 1. The molecule has 0 radical (unpaired) electrons. The van der Waals surface area contributed by atoms with Gasteiger partial charge < -0.3 is 0 Å². The van der Waals surface area contributed by atoms with Crippen molar-refractivity contribution in [2.75, 3.05) is 0 Å². The summed E-state index contributed by atoms with van der Waals surface area (Å²) < 4.78 is 0. The number of para-hydroxylation sites is 1. The number of aromatic nitrogens is 1. The second kappa shape index (κ2) is 5.27. The summed E-state index contributed by atoms with van der Waals surface area (Å²) in [4.78, 5) is 4.59. The molecule has 1 aromatic carbocycles. The van der Waals surface area contributed by atoms with Gasteiger partial charge in [-0.1, -0.05) is 32.0 Å². The number of rotatable bonds is 3. The first-order valence-corrected chi connectivity index (χ1v) is 6.94. The van der Waals surface area contributed by atoms with Crippen molar-refractivity contribution in [3.63, 3.8) is 0 Å². The maximum atomic E-state index is 6.41. The highest BCUT2D eigenvalue weighted by atomic mass is 35.5. The van der Waals surface area contributed by atoms with Gasteiger partial charge in [-0.15, -0.1) is 11.6 Å². The molecule has 18 heavy (non-hydrogen) atoms. The zero-order chi connectivity index (χ0) is 13.3. The summed E-state index contributed by atoms with van der Waals surface area (Å²) in [5.74, 6) is 0.876. The Balaban J connectivity index is 2.68. The van der Waals surface area contributed by atoms with E-state index in [1.165, 1.54) is 10.9 Å². The first kappa shape index (κ1) is 13.4. The van der Waals surface area contributed by atoms with Gasteiger partial charge in [0.05, 0.1) is 5.52 Å². The zero-order valence-electron chi connectivity index (χ0n) is 11.4. The molecule has 2 heteroatoms. The second-order valence-electron chi connectivity index (χ2n) is 5.32. The smallest absolute Gasteiger partial charge is 0.0708 e. The Morgan fingerprint density at radius 2 is 1.78 bits per heavy atom. The van der Waals surface area contributed by atoms with E-state index in [0.29, 0.717) is 11.8 Å². The average Bonchev–Trinajstić information content (AvgIpc) is 2.27. The Kier molecular flexibility index (Phi) is 3.91. The summed E-state index contributed by atoms with van der Waals surface area (Å²) in [5, 5.41) is 1.35. The number of aryl methyl sites for hydroxylation is 1. The number of benzene rings is 1. The summed E-state index contributed by atoms with van der Waals surface area (Å²) in [5.41, 5.74) is 3.46. The van der Waals surface area contributed by atoms with Gasteiger partial charge in [-0.2, -0.15) is 0 Å². The molecule has 96 valence electrons. The van der Waals surface area contributed by atoms with E-state index in [-0.39, 0.29) is 5.38 Å². The van der Waals surface area contributed by atoms with E-state index < -0.39 is 0 Å². The molecule has 0 aliphatic carbocycles. The largest absolute Gasteiger partial charge is 0.253 e. The quantitative estimate of drug-likeness (QED) is 0.716. The molecular weight excluding hydrogens is 242 g/mol. The SMILES string of the molecule is Cc1cc(C(C(C)C)C(C)Cl)c2ccccc2n1. The van der Waals surface area contributed by atoms with Gasteiger partial charge in [0.15, 0.2) is 0 Å². The van der Waals surface area contributed by atoms with Crippen molar-refractivity contribution in [3.8, 4) is 0 Å². The lowest BCUT2D eigenvalue weighted by Gasteiger charge is -2.25. The summed E-state index contributed by atoms with van der Waals surface area (Å²) in [6.07, 6.45) is 0. The van der Waals surface area contributed by atoms with Crippen LogP contribution in [-0.2, 0) is 0 Å². The van der Waals surface area contributed by atoms with Gasteiger partial charge >= 0.3 is 0 Å². The van der Waals surface area contributed by atoms with E-state index >= 15 is 0 Å². The summed E-state index contributed by atoms with van der Waals surface area (Å²) in [7, 11) is 0. The van der Waals surface area contributed by atoms with Gasteiger partial charge in [0.2, 0.25) is 0 Å². The molecule has 2 unspecified atom stereocenters. The highest BCUT2D eigenvalue weighted by Crippen LogP contribution is 2.35. The molecule has 0 spiro atoms. The third kappa shape index (κ3) is 2.51. The Hall–Kier alpha value is -1.08. The molecule has 2 atom stereocenters. The van der Waals surface area contributed by atoms with Gasteiger partial charge in [-0.3, -0.25) is 4.98 Å². The molecular formula is C16H20ClN. The van der Waals surface area contributed by atoms with Crippen LogP contribution in [0.2, 0.25) is 0 Å². The van der Waals surface area contributed by atoms with Gasteiger partial charge in [-0.25, -0.2) is 0 Å². The first-order valence-electron chi connectivity index (χ1n) is 6.51. The van der Waals surface area contributed by atoms with E-state index in [4.69, 9.17) is 11.6 Å². The molecule has 0 saturated carbocycles. The zero-order valence-corrected chi connectivity index (χ0v) is 12.2. The van der Waals surface area contributed by atoms with Crippen LogP contribution >= 0.6 is 11.6 Å². The molecule has 0 amide bonds. The van der Waals surface area contributed by atoms with Crippen molar-refractivity contribution >= 4 is 22.5 Å². The molecule has 0 N–H and O–H groups in total. The van der Waals surface area contributed by atoms with E-state index in [9.17, 15) is 0 Å². The van der Waals surface area contributed by atoms with Crippen molar-refractivity contribution in [2.24, 2.45) is 5.92 Å². The number of fused-ring (bicyclic) bond motifs is 1. The Morgan fingerprint density at radius 3 is 2.39 bits per heavy atom. The molecule has 0 aliphatic heterocycles. The van der Waals surface area contributed by atoms with Crippen molar-refractivity contribution in [2.45, 2.75) is 39.0 Å². The molecule has 0 fully saturated rings. The highest BCUT2D eigenvalue weighted by molar-refractivity contribution is 6.21. The molecule has 0 saturated heterocycles. The molecule has 1 heterocycles. The second-order valence-corrected chi connectivity index (χ2v) is 6.01. The monoisotopic (exact) mass is 261 g/mol. The summed E-state index contributed by atoms with van der Waals surface area (Å²) in [6.45, 7) is 8.59. The number of hydrogen-bond donors (Lipinski definition) is 0. The third-order valence-electron chi connectivity index (χ3n) is 3.45. The molecule has 1 aromatic heterocycles. The van der Waals surface area contributed by atoms with E-state index in [0.717, 1.165) is 11.2 Å². The molecule has 2 rings (SSSR count). The maximum absolute atomic E-state index is 6.41. The van der Waals surface area contributed by atoms with Crippen molar-refractivity contribution < 1.29 is 0 Å². The third-order valence-corrected chi connectivity index (χ3v) is 3.72. The Bertz CT molecular complexity index is 538. The van der Waals surface area contributed by atoms with Crippen molar-refractivity contribution in [3.05, 3.63) is 41.6 Å². The van der Waals surface area contributed by atoms with Crippen LogP contribution in [0.3, 0.4) is 0 Å². The number of nitrogens with zero attached hydrogens (tertiary/aromatic N) is 1. The predicted molar refractivity (Wildman–Crippen MR) is 79.4 cm³/mol. The Morgan fingerprint density at radius 1 is 1.11 bits per heavy atom. The standard InChI is InChI=1S/C16H20ClN/c1-10(2)16(12(4)17)14-9-11(3)18-15-8-6-5-7-13(14)15/h5-10,12,16H,1-4H3. The van der Waals surface area contributed by atoms with Crippen molar-refractivity contribution in [1.29, 1.82) is 0 Å². The predicted octanol–water partition coefficient (Wildman–Crippen LogP) is 4.91. The van der Waals surface area contributed by atoms with Crippen LogP contribution in [-0.4, -0.2) is 10.4 Å². The molecule has 1 nitrogen and oxygen atoms in total. The van der Waals surface area contributed by atoms with E-state index in [1.54, 1.807) is 0 Å². The van der Waals surface area contributed by atoms with Crippen LogP contribution in [0.5, 0.6) is 0 Å². The van der Waals surface area contributed by atoms with Gasteiger partial charge in [0.25, 0.3) is 0 Å².